The molecule has 1 rings (SSSR count). The topological polar surface area (TPSA) is 72.9 Å². The van der Waals surface area contributed by atoms with Crippen LogP contribution >= 0.6 is 12.2 Å². The lowest BCUT2D eigenvalue weighted by Gasteiger charge is -2.23. The third kappa shape index (κ3) is 3.26. The van der Waals surface area contributed by atoms with Gasteiger partial charge >= 0.3 is 0 Å². The molecule has 6 heteroatoms. The maximum Gasteiger partial charge on any atom is 0.254 e. The van der Waals surface area contributed by atoms with E-state index in [0.29, 0.717) is 22.8 Å². The third-order valence-corrected chi connectivity index (χ3v) is 3.17. The number of aryl methyl sites for hydroxylation is 2. The molecule has 5 nitrogen and oxygen atoms in total. The highest BCUT2D eigenvalue weighted by Crippen LogP contribution is 2.14. The number of carbonyl (C=O) groups excluding carboxylic acids is 1. The van der Waals surface area contributed by atoms with Gasteiger partial charge < -0.3 is 11.1 Å². The Morgan fingerprint density at radius 2 is 2.24 bits per heavy atom. The smallest absolute Gasteiger partial charge is 0.254 e. The predicted molar refractivity (Wildman–Crippen MR) is 70.8 cm³/mol. The Morgan fingerprint density at radius 1 is 1.65 bits per heavy atom. The summed E-state index contributed by atoms with van der Waals surface area (Å²) >= 11 is 4.94. The Balaban J connectivity index is 2.68. The van der Waals surface area contributed by atoms with Crippen molar-refractivity contribution < 1.29 is 4.79 Å². The zero-order valence-electron chi connectivity index (χ0n) is 10.6. The molecule has 0 aromatic carbocycles. The number of nitrogens with one attached hydrogen (secondary N) is 1. The van der Waals surface area contributed by atoms with Crippen molar-refractivity contribution in [2.75, 3.05) is 6.54 Å². The lowest BCUT2D eigenvalue weighted by atomic mass is 9.93. The van der Waals surface area contributed by atoms with Crippen molar-refractivity contribution in [3.05, 3.63) is 17.5 Å². The molecule has 17 heavy (non-hydrogen) atoms. The van der Waals surface area contributed by atoms with Gasteiger partial charge in [-0.1, -0.05) is 26.1 Å². The first kappa shape index (κ1) is 13.6. The highest BCUT2D eigenvalue weighted by Gasteiger charge is 2.23. The summed E-state index contributed by atoms with van der Waals surface area (Å²) in [7, 11) is 1.78. The Kier molecular flexibility index (Phi) is 3.87. The van der Waals surface area contributed by atoms with E-state index in [-0.39, 0.29) is 11.3 Å². The Morgan fingerprint density at radius 3 is 2.65 bits per heavy atom. The fourth-order valence-corrected chi connectivity index (χ4v) is 1.38. The standard InChI is InChI=1S/C11H18N4OS/c1-7-8(5-15(4)14-7)9(16)13-6-11(2,3)10(12)17/h5H,6H2,1-4H3,(H2,12,17)(H,13,16). The van der Waals surface area contributed by atoms with Gasteiger partial charge in [0.05, 0.1) is 16.2 Å². The summed E-state index contributed by atoms with van der Waals surface area (Å²) in [6, 6.07) is 0. The monoisotopic (exact) mass is 254 g/mol. The molecule has 0 unspecified atom stereocenters. The van der Waals surface area contributed by atoms with E-state index in [1.807, 2.05) is 13.8 Å². The molecule has 3 N–H and O–H groups in total. The number of nitrogens with two attached hydrogens (primary N) is 1. The van der Waals surface area contributed by atoms with Gasteiger partial charge in [-0.05, 0) is 6.92 Å². The van der Waals surface area contributed by atoms with E-state index < -0.39 is 0 Å². The largest absolute Gasteiger partial charge is 0.393 e. The second kappa shape index (κ2) is 4.83. The van der Waals surface area contributed by atoms with Crippen LogP contribution in [-0.4, -0.2) is 27.2 Å². The van der Waals surface area contributed by atoms with E-state index in [4.69, 9.17) is 18.0 Å². The second-order valence-corrected chi connectivity index (χ2v) is 5.17. The molecule has 1 aromatic heterocycles. The van der Waals surface area contributed by atoms with Crippen molar-refractivity contribution in [1.29, 1.82) is 0 Å². The van der Waals surface area contributed by atoms with Gasteiger partial charge in [0, 0.05) is 25.2 Å². The van der Waals surface area contributed by atoms with Crippen LogP contribution in [0.5, 0.6) is 0 Å². The lowest BCUT2D eigenvalue weighted by Crippen LogP contribution is -2.41. The zero-order valence-corrected chi connectivity index (χ0v) is 11.4. The number of thiocarbonyl (C=S) groups is 1. The molecule has 1 aromatic rings. The van der Waals surface area contributed by atoms with E-state index in [1.165, 1.54) is 0 Å². The second-order valence-electron chi connectivity index (χ2n) is 4.73. The van der Waals surface area contributed by atoms with Crippen molar-refractivity contribution in [1.82, 2.24) is 15.1 Å². The number of aromatic nitrogens is 2. The van der Waals surface area contributed by atoms with Gasteiger partial charge in [0.2, 0.25) is 0 Å². The minimum atomic E-state index is -0.388. The van der Waals surface area contributed by atoms with Gasteiger partial charge in [-0.25, -0.2) is 0 Å². The molecule has 94 valence electrons. The number of amides is 1. The van der Waals surface area contributed by atoms with Crippen LogP contribution in [0.25, 0.3) is 0 Å². The molecule has 0 bridgehead atoms. The van der Waals surface area contributed by atoms with Gasteiger partial charge in [-0.15, -0.1) is 0 Å². The molecule has 0 radical (unpaired) electrons. The summed E-state index contributed by atoms with van der Waals surface area (Å²) < 4.78 is 1.61. The summed E-state index contributed by atoms with van der Waals surface area (Å²) in [5, 5.41) is 6.93. The highest BCUT2D eigenvalue weighted by molar-refractivity contribution is 7.80. The average Bonchev–Trinajstić information content (AvgIpc) is 2.54. The van der Waals surface area contributed by atoms with E-state index in [1.54, 1.807) is 24.9 Å². The number of nitrogens with zero attached hydrogens (tertiary/aromatic N) is 2. The van der Waals surface area contributed by atoms with Crippen LogP contribution in [0.1, 0.15) is 29.9 Å². The predicted octanol–water partition coefficient (Wildman–Crippen LogP) is 0.771. The molecule has 0 atom stereocenters. The summed E-state index contributed by atoms with van der Waals surface area (Å²) in [6.45, 7) is 6.00. The van der Waals surface area contributed by atoms with Crippen LogP contribution in [0.3, 0.4) is 0 Å². The molecule has 0 aliphatic rings. The maximum atomic E-state index is 11.9. The fourth-order valence-electron chi connectivity index (χ4n) is 1.31. The molecule has 0 saturated heterocycles. The molecule has 1 amide bonds. The molecule has 0 saturated carbocycles. The highest BCUT2D eigenvalue weighted by atomic mass is 32.1. The molecule has 0 fully saturated rings. The summed E-state index contributed by atoms with van der Waals surface area (Å²) in [6.07, 6.45) is 1.69. The van der Waals surface area contributed by atoms with E-state index >= 15 is 0 Å². The third-order valence-electron chi connectivity index (χ3n) is 2.62. The quantitative estimate of drug-likeness (QED) is 0.778. The van der Waals surface area contributed by atoms with Gasteiger partial charge in [0.1, 0.15) is 0 Å². The van der Waals surface area contributed by atoms with Crippen LogP contribution in [0.4, 0.5) is 0 Å². The fraction of sp³-hybridized carbons (Fsp3) is 0.545. The van der Waals surface area contributed by atoms with Crippen molar-refractivity contribution in [2.24, 2.45) is 18.2 Å². The number of rotatable bonds is 4. The SMILES string of the molecule is Cc1nn(C)cc1C(=O)NCC(C)(C)C(N)=S. The van der Waals surface area contributed by atoms with E-state index in [2.05, 4.69) is 10.4 Å². The van der Waals surface area contributed by atoms with E-state index in [0.717, 1.165) is 0 Å². The van der Waals surface area contributed by atoms with Crippen LogP contribution < -0.4 is 11.1 Å². The average molecular weight is 254 g/mol. The normalized spacial score (nSPS) is 11.3. The summed E-state index contributed by atoms with van der Waals surface area (Å²) in [5.74, 6) is -0.153. The van der Waals surface area contributed by atoms with Crippen molar-refractivity contribution >= 4 is 23.1 Å². The van der Waals surface area contributed by atoms with E-state index in [9.17, 15) is 4.79 Å². The molecular formula is C11H18N4OS. The first-order chi connectivity index (χ1) is 7.74. The minimum Gasteiger partial charge on any atom is -0.393 e. The molecule has 1 heterocycles. The van der Waals surface area contributed by atoms with Crippen LogP contribution in [0, 0.1) is 12.3 Å². The van der Waals surface area contributed by atoms with Crippen molar-refractivity contribution in [3.8, 4) is 0 Å². The van der Waals surface area contributed by atoms with Gasteiger partial charge in [0.15, 0.2) is 0 Å². The van der Waals surface area contributed by atoms with Gasteiger partial charge in [0.25, 0.3) is 5.91 Å². The minimum absolute atomic E-state index is 0.153. The van der Waals surface area contributed by atoms with Crippen LogP contribution in [0.2, 0.25) is 0 Å². The first-order valence-corrected chi connectivity index (χ1v) is 5.73. The zero-order chi connectivity index (χ0) is 13.2. The molecule has 0 aliphatic heterocycles. The number of carbonyl (C=O) groups is 1. The number of hydrogen-bond acceptors (Lipinski definition) is 3. The van der Waals surface area contributed by atoms with Crippen molar-refractivity contribution in [2.45, 2.75) is 20.8 Å². The maximum absolute atomic E-state index is 11.9. The number of hydrogen-bond donors (Lipinski definition) is 2. The molecule has 0 aliphatic carbocycles. The summed E-state index contributed by atoms with van der Waals surface area (Å²) in [4.78, 5) is 12.3. The summed E-state index contributed by atoms with van der Waals surface area (Å²) in [5.41, 5.74) is 6.49. The lowest BCUT2D eigenvalue weighted by molar-refractivity contribution is 0.0944. The van der Waals surface area contributed by atoms with Crippen LogP contribution in [0.15, 0.2) is 6.20 Å². The van der Waals surface area contributed by atoms with Crippen molar-refractivity contribution in [3.63, 3.8) is 0 Å². The van der Waals surface area contributed by atoms with Crippen LogP contribution in [-0.2, 0) is 7.05 Å². The van der Waals surface area contributed by atoms with Gasteiger partial charge in [-0.3, -0.25) is 9.48 Å². The van der Waals surface area contributed by atoms with Gasteiger partial charge in [-0.2, -0.15) is 5.10 Å². The Labute approximate surface area is 106 Å². The molecular weight excluding hydrogens is 236 g/mol. The Bertz CT molecular complexity index is 450. The molecule has 0 spiro atoms. The Hall–Kier alpha value is -1.43. The first-order valence-electron chi connectivity index (χ1n) is 5.32.